The van der Waals surface area contributed by atoms with Crippen molar-refractivity contribution in [1.82, 2.24) is 10.3 Å². The maximum atomic E-state index is 12.7. The SMILES string of the molecule is CCCNC(c1cnc(C(F)(F)F)s1)C(C)(CC)OCC. The largest absolute Gasteiger partial charge is 0.443 e. The Morgan fingerprint density at radius 3 is 2.43 bits per heavy atom. The van der Waals surface area contributed by atoms with Crippen LogP contribution in [-0.2, 0) is 10.9 Å². The molecule has 1 heterocycles. The molecule has 0 aromatic carbocycles. The number of nitrogens with zero attached hydrogens (tertiary/aromatic N) is 1. The molecule has 1 N–H and O–H groups in total. The van der Waals surface area contributed by atoms with Gasteiger partial charge in [-0.25, -0.2) is 4.98 Å². The highest BCUT2D eigenvalue weighted by Crippen LogP contribution is 2.39. The normalized spacial score (nSPS) is 16.7. The number of halogens is 3. The minimum atomic E-state index is -4.40. The van der Waals surface area contributed by atoms with Gasteiger partial charge in [0, 0.05) is 17.7 Å². The molecular weight excluding hydrogens is 301 g/mol. The van der Waals surface area contributed by atoms with Crippen molar-refractivity contribution in [2.24, 2.45) is 0 Å². The Morgan fingerprint density at radius 2 is 2.00 bits per heavy atom. The van der Waals surface area contributed by atoms with Crippen LogP contribution in [0.3, 0.4) is 0 Å². The van der Waals surface area contributed by atoms with Crippen LogP contribution in [0.15, 0.2) is 6.20 Å². The summed E-state index contributed by atoms with van der Waals surface area (Å²) in [5.41, 5.74) is -0.556. The summed E-state index contributed by atoms with van der Waals surface area (Å²) < 4.78 is 44.0. The molecule has 0 radical (unpaired) electrons. The van der Waals surface area contributed by atoms with Crippen LogP contribution < -0.4 is 5.32 Å². The fraction of sp³-hybridized carbons (Fsp3) is 0.786. The van der Waals surface area contributed by atoms with E-state index in [2.05, 4.69) is 10.3 Å². The van der Waals surface area contributed by atoms with Gasteiger partial charge in [0.1, 0.15) is 0 Å². The zero-order valence-electron chi connectivity index (χ0n) is 12.9. The molecule has 21 heavy (non-hydrogen) atoms. The Balaban J connectivity index is 3.09. The van der Waals surface area contributed by atoms with Crippen LogP contribution in [0, 0.1) is 0 Å². The smallest absolute Gasteiger partial charge is 0.374 e. The third kappa shape index (κ3) is 4.66. The van der Waals surface area contributed by atoms with E-state index in [4.69, 9.17) is 4.74 Å². The van der Waals surface area contributed by atoms with Gasteiger partial charge < -0.3 is 10.1 Å². The molecule has 7 heteroatoms. The van der Waals surface area contributed by atoms with Gasteiger partial charge in [-0.3, -0.25) is 0 Å². The standard InChI is InChI=1S/C14H23F3N2OS/c1-5-8-18-11(13(4,6-2)20-7-3)10-9-19-12(21-10)14(15,16)17/h9,11,18H,5-8H2,1-4H3. The molecule has 0 bridgehead atoms. The quantitative estimate of drug-likeness (QED) is 0.769. The average Bonchev–Trinajstić information content (AvgIpc) is 2.89. The fourth-order valence-electron chi connectivity index (χ4n) is 2.18. The maximum absolute atomic E-state index is 12.7. The highest BCUT2D eigenvalue weighted by Gasteiger charge is 2.39. The monoisotopic (exact) mass is 324 g/mol. The van der Waals surface area contributed by atoms with Crippen molar-refractivity contribution < 1.29 is 17.9 Å². The van der Waals surface area contributed by atoms with E-state index in [1.807, 2.05) is 27.7 Å². The fourth-order valence-corrected chi connectivity index (χ4v) is 3.18. The van der Waals surface area contributed by atoms with Crippen molar-refractivity contribution >= 4 is 11.3 Å². The van der Waals surface area contributed by atoms with Gasteiger partial charge in [0.2, 0.25) is 0 Å². The number of ether oxygens (including phenoxy) is 1. The highest BCUT2D eigenvalue weighted by atomic mass is 32.1. The van der Waals surface area contributed by atoms with E-state index < -0.39 is 16.8 Å². The van der Waals surface area contributed by atoms with Gasteiger partial charge >= 0.3 is 6.18 Å². The van der Waals surface area contributed by atoms with E-state index in [1.54, 1.807) is 0 Å². The van der Waals surface area contributed by atoms with E-state index in [1.165, 1.54) is 6.20 Å². The van der Waals surface area contributed by atoms with Gasteiger partial charge in [-0.05, 0) is 33.2 Å². The van der Waals surface area contributed by atoms with Crippen LogP contribution >= 0.6 is 11.3 Å². The molecule has 0 spiro atoms. The first kappa shape index (κ1) is 18.4. The molecule has 0 saturated carbocycles. The topological polar surface area (TPSA) is 34.2 Å². The number of hydrogen-bond donors (Lipinski definition) is 1. The van der Waals surface area contributed by atoms with Crippen LogP contribution in [0.2, 0.25) is 0 Å². The molecule has 1 aromatic rings. The lowest BCUT2D eigenvalue weighted by atomic mass is 9.92. The summed E-state index contributed by atoms with van der Waals surface area (Å²) in [7, 11) is 0. The molecule has 122 valence electrons. The third-order valence-electron chi connectivity index (χ3n) is 3.44. The van der Waals surface area contributed by atoms with E-state index in [9.17, 15) is 13.2 Å². The summed E-state index contributed by atoms with van der Waals surface area (Å²) in [6.45, 7) is 9.03. The number of aromatic nitrogens is 1. The number of nitrogens with one attached hydrogen (secondary N) is 1. The average molecular weight is 324 g/mol. The predicted molar refractivity (Wildman–Crippen MR) is 78.5 cm³/mol. The van der Waals surface area contributed by atoms with E-state index >= 15 is 0 Å². The van der Waals surface area contributed by atoms with Crippen LogP contribution in [0.5, 0.6) is 0 Å². The van der Waals surface area contributed by atoms with Gasteiger partial charge in [0.05, 0.1) is 11.6 Å². The molecule has 3 nitrogen and oxygen atoms in total. The summed E-state index contributed by atoms with van der Waals surface area (Å²) in [6.07, 6.45) is -1.49. The molecule has 0 aliphatic heterocycles. The molecule has 0 aliphatic carbocycles. The van der Waals surface area contributed by atoms with Gasteiger partial charge in [-0.2, -0.15) is 13.2 Å². The molecule has 1 aromatic heterocycles. The Hall–Kier alpha value is -0.660. The van der Waals surface area contributed by atoms with Crippen LogP contribution in [0.1, 0.15) is 56.5 Å². The molecule has 0 saturated heterocycles. The maximum Gasteiger partial charge on any atom is 0.443 e. The lowest BCUT2D eigenvalue weighted by Crippen LogP contribution is -2.43. The lowest BCUT2D eigenvalue weighted by molar-refractivity contribution is -0.137. The lowest BCUT2D eigenvalue weighted by Gasteiger charge is -2.36. The minimum Gasteiger partial charge on any atom is -0.374 e. The van der Waals surface area contributed by atoms with Crippen LogP contribution in [0.25, 0.3) is 0 Å². The predicted octanol–water partition coefficient (Wildman–Crippen LogP) is 4.41. The second-order valence-electron chi connectivity index (χ2n) is 5.05. The number of thiazole rings is 1. The molecular formula is C14H23F3N2OS. The molecule has 2 atom stereocenters. The molecule has 0 aliphatic rings. The molecule has 2 unspecified atom stereocenters. The van der Waals surface area contributed by atoms with Gasteiger partial charge in [0.25, 0.3) is 0 Å². The van der Waals surface area contributed by atoms with E-state index in [0.717, 1.165) is 6.42 Å². The Morgan fingerprint density at radius 1 is 1.33 bits per heavy atom. The van der Waals surface area contributed by atoms with Crippen molar-refractivity contribution in [2.45, 2.75) is 58.4 Å². The summed E-state index contributed by atoms with van der Waals surface area (Å²) in [4.78, 5) is 4.09. The first-order valence-electron chi connectivity index (χ1n) is 7.18. The summed E-state index contributed by atoms with van der Waals surface area (Å²) in [6, 6.07) is -0.295. The van der Waals surface area contributed by atoms with Crippen molar-refractivity contribution in [3.05, 3.63) is 16.1 Å². The van der Waals surface area contributed by atoms with E-state index in [-0.39, 0.29) is 6.04 Å². The summed E-state index contributed by atoms with van der Waals surface area (Å²) >= 11 is 0.688. The van der Waals surface area contributed by atoms with Crippen molar-refractivity contribution in [3.8, 4) is 0 Å². The molecule has 1 rings (SSSR count). The number of rotatable bonds is 8. The first-order valence-corrected chi connectivity index (χ1v) is 8.00. The second kappa shape index (κ2) is 7.56. The number of hydrogen-bond acceptors (Lipinski definition) is 4. The number of alkyl halides is 3. The van der Waals surface area contributed by atoms with Gasteiger partial charge in [-0.1, -0.05) is 13.8 Å². The van der Waals surface area contributed by atoms with Crippen molar-refractivity contribution in [1.29, 1.82) is 0 Å². The Bertz CT molecular complexity index is 436. The second-order valence-corrected chi connectivity index (χ2v) is 6.11. The Kier molecular flexibility index (Phi) is 6.62. The van der Waals surface area contributed by atoms with Crippen molar-refractivity contribution in [3.63, 3.8) is 0 Å². The summed E-state index contributed by atoms with van der Waals surface area (Å²) in [5, 5.41) is 2.50. The summed E-state index contributed by atoms with van der Waals surface area (Å²) in [5.74, 6) is 0. The van der Waals surface area contributed by atoms with Crippen LogP contribution in [-0.4, -0.2) is 23.7 Å². The van der Waals surface area contributed by atoms with E-state index in [0.29, 0.717) is 35.8 Å². The zero-order chi connectivity index (χ0) is 16.1. The minimum absolute atomic E-state index is 0.295. The third-order valence-corrected chi connectivity index (χ3v) is 4.54. The van der Waals surface area contributed by atoms with Crippen molar-refractivity contribution in [2.75, 3.05) is 13.2 Å². The van der Waals surface area contributed by atoms with Crippen LogP contribution in [0.4, 0.5) is 13.2 Å². The highest BCUT2D eigenvalue weighted by molar-refractivity contribution is 7.11. The molecule has 0 amide bonds. The Labute approximate surface area is 127 Å². The van der Waals surface area contributed by atoms with Gasteiger partial charge in [0.15, 0.2) is 5.01 Å². The molecule has 0 fully saturated rings. The van der Waals surface area contributed by atoms with Gasteiger partial charge in [-0.15, -0.1) is 11.3 Å². The first-order chi connectivity index (χ1) is 9.78. The zero-order valence-corrected chi connectivity index (χ0v) is 13.7.